The lowest BCUT2D eigenvalue weighted by molar-refractivity contribution is 0.0695. The molecule has 126 valence electrons. The Balaban J connectivity index is 1.68. The van der Waals surface area contributed by atoms with Crippen LogP contribution < -0.4 is 4.72 Å². The van der Waals surface area contributed by atoms with Crippen molar-refractivity contribution in [1.82, 2.24) is 4.72 Å². The summed E-state index contributed by atoms with van der Waals surface area (Å²) in [5, 5.41) is 9.15. The zero-order valence-electron chi connectivity index (χ0n) is 13.1. The number of carboxylic acid groups (broad SMARTS) is 1. The molecule has 1 aliphatic carbocycles. The molecule has 0 heterocycles. The molecule has 1 aliphatic rings. The second-order valence-corrected chi connectivity index (χ2v) is 7.72. The predicted molar refractivity (Wildman–Crippen MR) is 90.7 cm³/mol. The van der Waals surface area contributed by atoms with Gasteiger partial charge in [0.2, 0.25) is 10.0 Å². The highest BCUT2D eigenvalue weighted by molar-refractivity contribution is 7.89. The van der Waals surface area contributed by atoms with Gasteiger partial charge < -0.3 is 5.11 Å². The first kappa shape index (κ1) is 16.7. The number of rotatable bonds is 7. The van der Waals surface area contributed by atoms with E-state index in [4.69, 9.17) is 5.11 Å². The van der Waals surface area contributed by atoms with Crippen molar-refractivity contribution in [3.05, 3.63) is 65.2 Å². The van der Waals surface area contributed by atoms with Crippen LogP contribution in [0.5, 0.6) is 0 Å². The van der Waals surface area contributed by atoms with Gasteiger partial charge in [-0.1, -0.05) is 30.3 Å². The van der Waals surface area contributed by atoms with Gasteiger partial charge >= 0.3 is 5.97 Å². The van der Waals surface area contributed by atoms with Gasteiger partial charge in [0.1, 0.15) is 0 Å². The maximum absolute atomic E-state index is 12.4. The fourth-order valence-electron chi connectivity index (χ4n) is 2.70. The van der Waals surface area contributed by atoms with Gasteiger partial charge in [-0.05, 0) is 54.5 Å². The lowest BCUT2D eigenvalue weighted by Gasteiger charge is -2.09. The van der Waals surface area contributed by atoms with E-state index in [9.17, 15) is 13.2 Å². The molecule has 0 saturated heterocycles. The third-order valence-corrected chi connectivity index (χ3v) is 5.61. The number of carbonyl (C=O) groups is 1. The van der Waals surface area contributed by atoms with Gasteiger partial charge in [0, 0.05) is 6.54 Å². The minimum Gasteiger partial charge on any atom is -0.478 e. The van der Waals surface area contributed by atoms with Crippen molar-refractivity contribution in [1.29, 1.82) is 0 Å². The Morgan fingerprint density at radius 1 is 1.12 bits per heavy atom. The Morgan fingerprint density at radius 2 is 1.88 bits per heavy atom. The van der Waals surface area contributed by atoms with Crippen LogP contribution in [0.25, 0.3) is 0 Å². The summed E-state index contributed by atoms with van der Waals surface area (Å²) in [7, 11) is -3.59. The average Bonchev–Trinajstić information content (AvgIpc) is 3.40. The third-order valence-electron chi connectivity index (χ3n) is 4.15. The topological polar surface area (TPSA) is 83.5 Å². The molecule has 2 aromatic rings. The number of aromatic carboxylic acids is 1. The van der Waals surface area contributed by atoms with Crippen molar-refractivity contribution in [2.24, 2.45) is 0 Å². The van der Waals surface area contributed by atoms with Gasteiger partial charge in [-0.2, -0.15) is 0 Å². The van der Waals surface area contributed by atoms with Gasteiger partial charge in [0.15, 0.2) is 0 Å². The van der Waals surface area contributed by atoms with Crippen LogP contribution in [0.15, 0.2) is 53.4 Å². The summed E-state index contributed by atoms with van der Waals surface area (Å²) in [6, 6.07) is 13.7. The Kier molecular flexibility index (Phi) is 4.69. The molecular formula is C18H19NO4S. The normalized spacial score (nSPS) is 14.5. The second kappa shape index (κ2) is 6.75. The molecule has 0 radical (unpaired) electrons. The summed E-state index contributed by atoms with van der Waals surface area (Å²) < 4.78 is 27.4. The quantitative estimate of drug-likeness (QED) is 0.808. The van der Waals surface area contributed by atoms with Crippen LogP contribution in [0.4, 0.5) is 0 Å². The van der Waals surface area contributed by atoms with E-state index < -0.39 is 16.0 Å². The molecule has 6 heteroatoms. The number of sulfonamides is 1. The van der Waals surface area contributed by atoms with E-state index in [0.717, 1.165) is 18.4 Å². The van der Waals surface area contributed by atoms with Crippen LogP contribution in [0.2, 0.25) is 0 Å². The van der Waals surface area contributed by atoms with Crippen LogP contribution in [-0.4, -0.2) is 26.0 Å². The molecular weight excluding hydrogens is 326 g/mol. The Hall–Kier alpha value is -2.18. The highest BCUT2D eigenvalue weighted by atomic mass is 32.2. The second-order valence-electron chi connectivity index (χ2n) is 5.96. The first-order chi connectivity index (χ1) is 11.5. The molecule has 0 amide bonds. The minimum absolute atomic E-state index is 0.153. The molecule has 0 bridgehead atoms. The van der Waals surface area contributed by atoms with Crippen LogP contribution >= 0.6 is 0 Å². The number of benzene rings is 2. The zero-order valence-corrected chi connectivity index (χ0v) is 13.9. The molecule has 2 aromatic carbocycles. The number of carboxylic acids is 1. The van der Waals surface area contributed by atoms with Gasteiger partial charge in [-0.25, -0.2) is 17.9 Å². The Labute approximate surface area is 141 Å². The maximum atomic E-state index is 12.4. The molecule has 1 fully saturated rings. The standard InChI is InChI=1S/C18H19NO4S/c20-18(21)17-7-2-1-4-14(17)10-11-19-24(22,23)16-6-3-5-15(12-16)13-8-9-13/h1-7,12-13,19H,8-11H2,(H,20,21). The lowest BCUT2D eigenvalue weighted by Crippen LogP contribution is -2.26. The van der Waals surface area contributed by atoms with Gasteiger partial charge in [-0.15, -0.1) is 0 Å². The Morgan fingerprint density at radius 3 is 2.58 bits per heavy atom. The summed E-state index contributed by atoms with van der Waals surface area (Å²) in [6.07, 6.45) is 2.55. The highest BCUT2D eigenvalue weighted by Gasteiger charge is 2.25. The molecule has 0 unspecified atom stereocenters. The molecule has 0 aromatic heterocycles. The van der Waals surface area contributed by atoms with E-state index in [2.05, 4.69) is 4.72 Å². The largest absolute Gasteiger partial charge is 0.478 e. The molecule has 5 nitrogen and oxygen atoms in total. The molecule has 1 saturated carbocycles. The monoisotopic (exact) mass is 345 g/mol. The maximum Gasteiger partial charge on any atom is 0.335 e. The van der Waals surface area contributed by atoms with Crippen molar-refractivity contribution < 1.29 is 18.3 Å². The third kappa shape index (κ3) is 3.83. The number of nitrogens with one attached hydrogen (secondary N) is 1. The summed E-state index contributed by atoms with van der Waals surface area (Å²) in [6.45, 7) is 0.153. The smallest absolute Gasteiger partial charge is 0.335 e. The van der Waals surface area contributed by atoms with E-state index in [-0.39, 0.29) is 17.0 Å². The highest BCUT2D eigenvalue weighted by Crippen LogP contribution is 2.40. The van der Waals surface area contributed by atoms with E-state index in [1.165, 1.54) is 6.07 Å². The van der Waals surface area contributed by atoms with Crippen molar-refractivity contribution in [3.63, 3.8) is 0 Å². The molecule has 24 heavy (non-hydrogen) atoms. The molecule has 0 spiro atoms. The number of hydrogen-bond donors (Lipinski definition) is 2. The van der Waals surface area contributed by atoms with E-state index >= 15 is 0 Å². The molecule has 0 atom stereocenters. The minimum atomic E-state index is -3.59. The van der Waals surface area contributed by atoms with Gasteiger partial charge in [-0.3, -0.25) is 0 Å². The summed E-state index contributed by atoms with van der Waals surface area (Å²) in [4.78, 5) is 11.4. The zero-order chi connectivity index (χ0) is 17.2. The van der Waals surface area contributed by atoms with Crippen molar-refractivity contribution >= 4 is 16.0 Å². The molecule has 0 aliphatic heterocycles. The SMILES string of the molecule is O=C(O)c1ccccc1CCNS(=O)(=O)c1cccc(C2CC2)c1. The lowest BCUT2D eigenvalue weighted by atomic mass is 10.1. The first-order valence-electron chi connectivity index (χ1n) is 7.88. The fourth-order valence-corrected chi connectivity index (χ4v) is 3.79. The predicted octanol–water partition coefficient (Wildman–Crippen LogP) is 2.78. The summed E-state index contributed by atoms with van der Waals surface area (Å²) >= 11 is 0. The van der Waals surface area contributed by atoms with Crippen LogP contribution in [0.1, 0.15) is 40.2 Å². The van der Waals surface area contributed by atoms with Crippen LogP contribution in [-0.2, 0) is 16.4 Å². The van der Waals surface area contributed by atoms with E-state index in [1.54, 1.807) is 36.4 Å². The van der Waals surface area contributed by atoms with Crippen molar-refractivity contribution in [2.45, 2.75) is 30.1 Å². The summed E-state index contributed by atoms with van der Waals surface area (Å²) in [5.41, 5.74) is 1.88. The van der Waals surface area contributed by atoms with E-state index in [0.29, 0.717) is 17.9 Å². The summed E-state index contributed by atoms with van der Waals surface area (Å²) in [5.74, 6) is -0.520. The average molecular weight is 345 g/mol. The van der Waals surface area contributed by atoms with Gasteiger partial charge in [0.05, 0.1) is 10.5 Å². The van der Waals surface area contributed by atoms with Crippen LogP contribution in [0.3, 0.4) is 0 Å². The molecule has 2 N–H and O–H groups in total. The van der Waals surface area contributed by atoms with Crippen molar-refractivity contribution in [2.75, 3.05) is 6.54 Å². The Bertz CT molecular complexity index is 857. The van der Waals surface area contributed by atoms with Crippen molar-refractivity contribution in [3.8, 4) is 0 Å². The molecule has 3 rings (SSSR count). The van der Waals surface area contributed by atoms with Crippen LogP contribution in [0, 0.1) is 0 Å². The fraction of sp³-hybridized carbons (Fsp3) is 0.278. The first-order valence-corrected chi connectivity index (χ1v) is 9.36. The van der Waals surface area contributed by atoms with E-state index in [1.807, 2.05) is 6.07 Å². The number of hydrogen-bond acceptors (Lipinski definition) is 3. The van der Waals surface area contributed by atoms with Gasteiger partial charge in [0.25, 0.3) is 0 Å².